The number of ether oxygens (including phenoxy) is 1. The maximum absolute atomic E-state index is 13.5. The van der Waals surface area contributed by atoms with Gasteiger partial charge in [0.1, 0.15) is 23.5 Å². The molecule has 0 unspecified atom stereocenters. The first-order chi connectivity index (χ1) is 17.2. The third kappa shape index (κ3) is 7.45. The molecule has 11 nitrogen and oxygen atoms in total. The highest BCUT2D eigenvalue weighted by atomic mass is 32.1. The first-order valence-electron chi connectivity index (χ1n) is 12.1. The van der Waals surface area contributed by atoms with E-state index in [0.717, 1.165) is 16.1 Å². The van der Waals surface area contributed by atoms with Crippen LogP contribution in [0.4, 0.5) is 4.79 Å². The Morgan fingerprint density at radius 3 is 2.35 bits per heavy atom. The number of β-amino-alcohol motifs (C(OH)–C–C–N with tert-alkyl or cyclic N) is 1. The fraction of sp³-hybridized carbons (Fsp3) is 0.600. The van der Waals surface area contributed by atoms with E-state index in [0.29, 0.717) is 5.82 Å². The lowest BCUT2D eigenvalue weighted by Crippen LogP contribution is -2.58. The minimum absolute atomic E-state index is 0.0150. The molecule has 3 amide bonds. The molecule has 0 spiro atoms. The average Bonchev–Trinajstić information content (AvgIpc) is 3.39. The zero-order valence-electron chi connectivity index (χ0n) is 22.4. The highest BCUT2D eigenvalue weighted by Gasteiger charge is 2.44. The number of nitrogens with zero attached hydrogens (tertiary/aromatic N) is 4. The molecule has 202 valence electrons. The quantitative estimate of drug-likeness (QED) is 0.514. The van der Waals surface area contributed by atoms with Gasteiger partial charge in [-0.05, 0) is 33.1 Å². The number of hydrogen-bond acceptors (Lipinski definition) is 9. The SMILES string of the molecule is Cc1ncsc1-c1cnc(CNC(=O)[C@@H]2C[C@@H](O)CN2C(=O)[C@@H](NC(=O)OC(C)(C)C)C(C)(C)C)nc1. The number of aromatic nitrogens is 3. The summed E-state index contributed by atoms with van der Waals surface area (Å²) in [5, 5.41) is 15.7. The van der Waals surface area contributed by atoms with E-state index in [1.807, 2.05) is 27.7 Å². The molecule has 12 heteroatoms. The van der Waals surface area contributed by atoms with Crippen molar-refractivity contribution in [3.8, 4) is 10.4 Å². The predicted molar refractivity (Wildman–Crippen MR) is 138 cm³/mol. The van der Waals surface area contributed by atoms with Gasteiger partial charge in [0, 0.05) is 30.9 Å². The second kappa shape index (κ2) is 11.1. The van der Waals surface area contributed by atoms with Crippen molar-refractivity contribution in [1.29, 1.82) is 0 Å². The van der Waals surface area contributed by atoms with Gasteiger partial charge in [-0.15, -0.1) is 11.3 Å². The van der Waals surface area contributed by atoms with Gasteiger partial charge in [-0.3, -0.25) is 9.59 Å². The van der Waals surface area contributed by atoms with Crippen LogP contribution >= 0.6 is 11.3 Å². The first kappa shape index (κ1) is 28.5. The molecule has 1 saturated heterocycles. The van der Waals surface area contributed by atoms with Gasteiger partial charge in [-0.2, -0.15) is 0 Å². The second-order valence-electron chi connectivity index (χ2n) is 11.2. The molecule has 37 heavy (non-hydrogen) atoms. The number of likely N-dealkylation sites (tertiary alicyclic amines) is 1. The molecular weight excluding hydrogens is 496 g/mol. The summed E-state index contributed by atoms with van der Waals surface area (Å²) in [6, 6.07) is -1.86. The van der Waals surface area contributed by atoms with Crippen LogP contribution in [0, 0.1) is 12.3 Å². The van der Waals surface area contributed by atoms with Crippen LogP contribution in [0.5, 0.6) is 0 Å². The molecule has 0 bridgehead atoms. The zero-order chi connectivity index (χ0) is 27.5. The van der Waals surface area contributed by atoms with Gasteiger partial charge in [0.25, 0.3) is 0 Å². The van der Waals surface area contributed by atoms with Crippen LogP contribution in [0.1, 0.15) is 59.5 Å². The van der Waals surface area contributed by atoms with E-state index in [-0.39, 0.29) is 19.5 Å². The number of hydrogen-bond donors (Lipinski definition) is 3. The molecular formula is C25H36N6O5S. The van der Waals surface area contributed by atoms with Gasteiger partial charge in [0.05, 0.1) is 28.7 Å². The summed E-state index contributed by atoms with van der Waals surface area (Å²) in [5.41, 5.74) is 2.09. The normalized spacial score (nSPS) is 18.9. The van der Waals surface area contributed by atoms with Crippen molar-refractivity contribution in [2.45, 2.75) is 85.2 Å². The van der Waals surface area contributed by atoms with E-state index in [2.05, 4.69) is 25.6 Å². The topological polar surface area (TPSA) is 147 Å². The highest BCUT2D eigenvalue weighted by Crippen LogP contribution is 2.27. The summed E-state index contributed by atoms with van der Waals surface area (Å²) >= 11 is 1.50. The number of carbonyl (C=O) groups is 3. The molecule has 1 aliphatic heterocycles. The Morgan fingerprint density at radius 2 is 1.81 bits per heavy atom. The molecule has 1 aliphatic rings. The van der Waals surface area contributed by atoms with Gasteiger partial charge in [-0.1, -0.05) is 20.8 Å². The predicted octanol–water partition coefficient (Wildman–Crippen LogP) is 2.43. The third-order valence-corrected chi connectivity index (χ3v) is 6.75. The fourth-order valence-corrected chi connectivity index (χ4v) is 4.75. The third-order valence-electron chi connectivity index (χ3n) is 5.77. The Kier molecular flexibility index (Phi) is 8.53. The monoisotopic (exact) mass is 532 g/mol. The standard InChI is InChI=1S/C25H36N6O5S/c1-14-19(37-13-29-14)15-9-26-18(27-10-15)11-28-21(33)17-8-16(32)12-31(17)22(34)20(24(2,3)4)30-23(35)36-25(5,6)7/h9-10,13,16-17,20,32H,8,11-12H2,1-7H3,(H,28,33)(H,30,35)/t16-,17+,20-/m1/s1. The molecule has 2 aromatic heterocycles. The number of aliphatic hydroxyl groups is 1. The number of nitrogens with one attached hydrogen (secondary N) is 2. The number of carbonyl (C=O) groups excluding carboxylic acids is 3. The molecule has 0 radical (unpaired) electrons. The Morgan fingerprint density at radius 1 is 1.16 bits per heavy atom. The van der Waals surface area contributed by atoms with E-state index in [4.69, 9.17) is 4.74 Å². The smallest absolute Gasteiger partial charge is 0.408 e. The van der Waals surface area contributed by atoms with E-state index in [9.17, 15) is 19.5 Å². The Balaban J connectivity index is 1.68. The fourth-order valence-electron chi connectivity index (χ4n) is 3.97. The van der Waals surface area contributed by atoms with Crippen molar-refractivity contribution in [1.82, 2.24) is 30.5 Å². The van der Waals surface area contributed by atoms with Gasteiger partial charge in [0.15, 0.2) is 0 Å². The van der Waals surface area contributed by atoms with Crippen LogP contribution in [0.15, 0.2) is 17.9 Å². The number of rotatable bonds is 6. The van der Waals surface area contributed by atoms with Crippen LogP contribution in [-0.4, -0.2) is 73.2 Å². The van der Waals surface area contributed by atoms with Crippen molar-refractivity contribution in [3.63, 3.8) is 0 Å². The van der Waals surface area contributed by atoms with Gasteiger partial charge >= 0.3 is 6.09 Å². The van der Waals surface area contributed by atoms with Crippen LogP contribution in [0.25, 0.3) is 10.4 Å². The minimum atomic E-state index is -0.964. The van der Waals surface area contributed by atoms with Crippen molar-refractivity contribution < 1.29 is 24.2 Å². The van der Waals surface area contributed by atoms with Crippen LogP contribution in [-0.2, 0) is 20.9 Å². The van der Waals surface area contributed by atoms with Gasteiger partial charge < -0.3 is 25.4 Å². The number of amides is 3. The molecule has 0 saturated carbocycles. The average molecular weight is 533 g/mol. The second-order valence-corrected chi connectivity index (χ2v) is 12.1. The van der Waals surface area contributed by atoms with Crippen molar-refractivity contribution in [2.24, 2.45) is 5.41 Å². The molecule has 0 aromatic carbocycles. The van der Waals surface area contributed by atoms with Crippen molar-refractivity contribution in [3.05, 3.63) is 29.4 Å². The number of thiazole rings is 1. The highest BCUT2D eigenvalue weighted by molar-refractivity contribution is 7.13. The van der Waals surface area contributed by atoms with Gasteiger partial charge in [-0.25, -0.2) is 19.7 Å². The summed E-state index contributed by atoms with van der Waals surface area (Å²) < 4.78 is 5.33. The Hall–Kier alpha value is -3.12. The van der Waals surface area contributed by atoms with E-state index >= 15 is 0 Å². The molecule has 3 heterocycles. The maximum atomic E-state index is 13.5. The maximum Gasteiger partial charge on any atom is 0.408 e. The lowest BCUT2D eigenvalue weighted by atomic mass is 9.85. The number of aliphatic hydroxyl groups excluding tert-OH is 1. The van der Waals surface area contributed by atoms with E-state index < -0.39 is 47.1 Å². The lowest BCUT2D eigenvalue weighted by Gasteiger charge is -2.35. The summed E-state index contributed by atoms with van der Waals surface area (Å²) in [4.78, 5) is 54.2. The van der Waals surface area contributed by atoms with Crippen molar-refractivity contribution >= 4 is 29.2 Å². The van der Waals surface area contributed by atoms with E-state index in [1.165, 1.54) is 16.2 Å². The lowest BCUT2D eigenvalue weighted by molar-refractivity contribution is -0.142. The molecule has 3 atom stereocenters. The number of aryl methyl sites for hydroxylation is 1. The summed E-state index contributed by atoms with van der Waals surface area (Å²) in [6.07, 6.45) is 1.86. The minimum Gasteiger partial charge on any atom is -0.444 e. The van der Waals surface area contributed by atoms with Crippen LogP contribution < -0.4 is 10.6 Å². The zero-order valence-corrected chi connectivity index (χ0v) is 23.2. The summed E-state index contributed by atoms with van der Waals surface area (Å²) in [7, 11) is 0. The van der Waals surface area contributed by atoms with Crippen LogP contribution in [0.2, 0.25) is 0 Å². The molecule has 0 aliphatic carbocycles. The van der Waals surface area contributed by atoms with E-state index in [1.54, 1.807) is 38.7 Å². The first-order valence-corrected chi connectivity index (χ1v) is 13.0. The molecule has 1 fully saturated rings. The summed E-state index contributed by atoms with van der Waals surface area (Å²) in [6.45, 7) is 12.6. The Bertz CT molecular complexity index is 1120. The Labute approximate surface area is 221 Å². The largest absolute Gasteiger partial charge is 0.444 e. The molecule has 3 N–H and O–H groups in total. The summed E-state index contributed by atoms with van der Waals surface area (Å²) in [5.74, 6) is -0.480. The van der Waals surface area contributed by atoms with Crippen molar-refractivity contribution in [2.75, 3.05) is 6.54 Å². The molecule has 3 rings (SSSR count). The van der Waals surface area contributed by atoms with Crippen LogP contribution in [0.3, 0.4) is 0 Å². The van der Waals surface area contributed by atoms with Gasteiger partial charge in [0.2, 0.25) is 11.8 Å². The number of alkyl carbamates (subject to hydrolysis) is 1. The molecule has 2 aromatic rings.